The molecule has 3 aromatic carbocycles. The molecule has 0 aliphatic carbocycles. The van der Waals surface area contributed by atoms with Gasteiger partial charge in [0.15, 0.2) is 0 Å². The molecule has 3 atom stereocenters. The molecule has 6 N–H and O–H groups in total. The largest absolute Gasteiger partial charge is 0.368 e. The fraction of sp³-hybridized carbons (Fsp3) is 0.200. The number of rotatable bonds is 14. The number of carbonyl (C=O) groups excluding carboxylic acids is 4. The van der Waals surface area contributed by atoms with Crippen LogP contribution in [0.3, 0.4) is 0 Å². The first kappa shape index (κ1) is 31.9. The summed E-state index contributed by atoms with van der Waals surface area (Å²) in [6, 6.07) is 21.6. The van der Waals surface area contributed by atoms with Gasteiger partial charge in [0.2, 0.25) is 25.1 Å². The predicted octanol–water partition coefficient (Wildman–Crippen LogP) is 2.58. The van der Waals surface area contributed by atoms with E-state index in [4.69, 9.17) is 5.73 Å². The third kappa shape index (κ3) is 10.4. The molecule has 2 unspecified atom stereocenters. The third-order valence-corrected chi connectivity index (χ3v) is 8.15. The van der Waals surface area contributed by atoms with Gasteiger partial charge in [-0.05, 0) is 35.7 Å². The standard InChI is InChI=1S/C30H32FN4O6P/c31-24-15-8-14-23(18-24)30(39)35-28(17-22-11-5-2-6-12-22)42(40,41)20-27(37)33-19-26(36)34-25(29(32)38)16-7-13-21-9-3-1-4-10-21/h1-15,18,25,28H,16-17,19-20H2,(H2,32,38)(H,33,37)(H,34,36)(H,35,39)(H,40,41)/b13-7+/t25-,28?/m0/s1. The Labute approximate surface area is 242 Å². The molecule has 3 rings (SSSR count). The fourth-order valence-electron chi connectivity index (χ4n) is 3.94. The maximum atomic E-state index is 13.6. The lowest BCUT2D eigenvalue weighted by Gasteiger charge is -2.24. The Kier molecular flexibility index (Phi) is 11.7. The Balaban J connectivity index is 1.60. The number of carbonyl (C=O) groups is 4. The van der Waals surface area contributed by atoms with E-state index in [1.165, 1.54) is 12.1 Å². The first-order valence-corrected chi connectivity index (χ1v) is 14.9. The van der Waals surface area contributed by atoms with E-state index in [9.17, 15) is 33.0 Å². The number of nitrogens with two attached hydrogens (primary N) is 1. The molecule has 0 saturated heterocycles. The summed E-state index contributed by atoms with van der Waals surface area (Å²) in [4.78, 5) is 60.4. The van der Waals surface area contributed by atoms with Crippen molar-refractivity contribution in [1.29, 1.82) is 0 Å². The zero-order chi connectivity index (χ0) is 30.5. The minimum absolute atomic E-state index is 0.0585. The average Bonchev–Trinajstić information content (AvgIpc) is 2.96. The van der Waals surface area contributed by atoms with Gasteiger partial charge in [0.1, 0.15) is 23.8 Å². The third-order valence-electron chi connectivity index (χ3n) is 6.12. The fourth-order valence-corrected chi connectivity index (χ4v) is 5.50. The summed E-state index contributed by atoms with van der Waals surface area (Å²) in [6.07, 6.45) is 2.57. The summed E-state index contributed by atoms with van der Waals surface area (Å²) in [5, 5.41) is 7.14. The lowest BCUT2D eigenvalue weighted by molar-refractivity contribution is -0.128. The lowest BCUT2D eigenvalue weighted by Crippen LogP contribution is -2.48. The quantitative estimate of drug-likeness (QED) is 0.180. The molecule has 3 aromatic rings. The second-order valence-electron chi connectivity index (χ2n) is 9.45. The molecule has 0 spiro atoms. The number of hydrogen-bond acceptors (Lipinski definition) is 5. The van der Waals surface area contributed by atoms with Crippen LogP contribution in [-0.4, -0.2) is 53.1 Å². The van der Waals surface area contributed by atoms with Crippen LogP contribution in [0, 0.1) is 5.82 Å². The zero-order valence-corrected chi connectivity index (χ0v) is 23.5. The van der Waals surface area contributed by atoms with E-state index in [1.807, 2.05) is 30.3 Å². The van der Waals surface area contributed by atoms with E-state index in [1.54, 1.807) is 42.5 Å². The highest BCUT2D eigenvalue weighted by Crippen LogP contribution is 2.46. The highest BCUT2D eigenvalue weighted by molar-refractivity contribution is 7.59. The van der Waals surface area contributed by atoms with Gasteiger partial charge in [0, 0.05) is 12.0 Å². The van der Waals surface area contributed by atoms with Crippen LogP contribution in [0.5, 0.6) is 0 Å². The molecule has 42 heavy (non-hydrogen) atoms. The topological polar surface area (TPSA) is 168 Å². The van der Waals surface area contributed by atoms with Gasteiger partial charge < -0.3 is 26.6 Å². The molecule has 4 amide bonds. The van der Waals surface area contributed by atoms with Crippen LogP contribution in [0.1, 0.15) is 27.9 Å². The Morgan fingerprint density at radius 1 is 0.905 bits per heavy atom. The summed E-state index contributed by atoms with van der Waals surface area (Å²) in [5.74, 6) is -5.25. The Morgan fingerprint density at radius 2 is 1.57 bits per heavy atom. The summed E-state index contributed by atoms with van der Waals surface area (Å²) in [5.41, 5.74) is 6.85. The molecule has 0 bridgehead atoms. The number of primary amides is 1. The Bertz CT molecular complexity index is 1470. The van der Waals surface area contributed by atoms with Gasteiger partial charge in [0.25, 0.3) is 5.91 Å². The van der Waals surface area contributed by atoms with Crippen LogP contribution in [-0.2, 0) is 25.4 Å². The first-order valence-electron chi connectivity index (χ1n) is 13.0. The van der Waals surface area contributed by atoms with Crippen molar-refractivity contribution in [3.05, 3.63) is 114 Å². The van der Waals surface area contributed by atoms with E-state index in [-0.39, 0.29) is 18.4 Å². The molecular formula is C30H32FN4O6P. The van der Waals surface area contributed by atoms with E-state index in [0.29, 0.717) is 5.56 Å². The van der Waals surface area contributed by atoms with Gasteiger partial charge in [-0.15, -0.1) is 0 Å². The van der Waals surface area contributed by atoms with Crippen molar-refractivity contribution in [3.63, 3.8) is 0 Å². The van der Waals surface area contributed by atoms with Gasteiger partial charge in [-0.3, -0.25) is 23.7 Å². The number of hydrogen-bond donors (Lipinski definition) is 5. The Morgan fingerprint density at radius 3 is 2.21 bits per heavy atom. The van der Waals surface area contributed by atoms with Crippen molar-refractivity contribution in [2.24, 2.45) is 5.73 Å². The highest BCUT2D eigenvalue weighted by Gasteiger charge is 2.35. The molecular weight excluding hydrogens is 562 g/mol. The van der Waals surface area contributed by atoms with Gasteiger partial charge >= 0.3 is 0 Å². The van der Waals surface area contributed by atoms with Crippen LogP contribution in [0.15, 0.2) is 91.0 Å². The summed E-state index contributed by atoms with van der Waals surface area (Å²) >= 11 is 0. The maximum absolute atomic E-state index is 13.6. The minimum Gasteiger partial charge on any atom is -0.368 e. The van der Waals surface area contributed by atoms with E-state index >= 15 is 0 Å². The van der Waals surface area contributed by atoms with Crippen LogP contribution < -0.4 is 21.7 Å². The van der Waals surface area contributed by atoms with Gasteiger partial charge in [-0.2, -0.15) is 0 Å². The summed E-state index contributed by atoms with van der Waals surface area (Å²) in [7, 11) is -4.41. The van der Waals surface area contributed by atoms with Crippen molar-refractivity contribution in [2.75, 3.05) is 12.7 Å². The average molecular weight is 595 g/mol. The van der Waals surface area contributed by atoms with Crippen molar-refractivity contribution in [2.45, 2.75) is 24.7 Å². The molecule has 0 fully saturated rings. The van der Waals surface area contributed by atoms with Gasteiger partial charge in [0.05, 0.1) is 6.54 Å². The molecule has 0 heterocycles. The molecule has 10 nitrogen and oxygen atoms in total. The van der Waals surface area contributed by atoms with E-state index in [2.05, 4.69) is 16.0 Å². The molecule has 0 aliphatic heterocycles. The first-order chi connectivity index (χ1) is 20.0. The van der Waals surface area contributed by atoms with Crippen LogP contribution >= 0.6 is 7.37 Å². The second-order valence-corrected chi connectivity index (χ2v) is 11.9. The molecule has 220 valence electrons. The van der Waals surface area contributed by atoms with E-state index in [0.717, 1.165) is 17.7 Å². The normalized spacial score (nSPS) is 13.9. The smallest absolute Gasteiger partial charge is 0.252 e. The van der Waals surface area contributed by atoms with Crippen molar-refractivity contribution in [3.8, 4) is 0 Å². The number of halogens is 1. The second kappa shape index (κ2) is 15.4. The van der Waals surface area contributed by atoms with Crippen LogP contribution in [0.25, 0.3) is 6.08 Å². The Hall–Kier alpha value is -4.60. The molecule has 0 radical (unpaired) electrons. The minimum atomic E-state index is -4.41. The maximum Gasteiger partial charge on any atom is 0.252 e. The van der Waals surface area contributed by atoms with Crippen molar-refractivity contribution < 1.29 is 33.0 Å². The number of amides is 4. The van der Waals surface area contributed by atoms with Gasteiger partial charge in [-0.25, -0.2) is 4.39 Å². The zero-order valence-electron chi connectivity index (χ0n) is 22.6. The summed E-state index contributed by atoms with van der Waals surface area (Å²) < 4.78 is 27.0. The van der Waals surface area contributed by atoms with Gasteiger partial charge in [-0.1, -0.05) is 78.9 Å². The molecule has 0 saturated carbocycles. The predicted molar refractivity (Wildman–Crippen MR) is 157 cm³/mol. The monoisotopic (exact) mass is 594 g/mol. The number of benzene rings is 3. The molecule has 12 heteroatoms. The lowest BCUT2D eigenvalue weighted by atomic mass is 10.1. The molecule has 0 aromatic heterocycles. The van der Waals surface area contributed by atoms with Crippen LogP contribution in [0.4, 0.5) is 4.39 Å². The van der Waals surface area contributed by atoms with Crippen LogP contribution in [0.2, 0.25) is 0 Å². The van der Waals surface area contributed by atoms with E-state index < -0.39 is 61.3 Å². The molecule has 0 aliphatic rings. The highest BCUT2D eigenvalue weighted by atomic mass is 31.2. The van der Waals surface area contributed by atoms with Crippen molar-refractivity contribution >= 4 is 37.1 Å². The van der Waals surface area contributed by atoms with Crippen molar-refractivity contribution in [1.82, 2.24) is 16.0 Å². The number of nitrogens with one attached hydrogen (secondary N) is 3. The SMILES string of the molecule is NC(=O)[C@H](C/C=C/c1ccccc1)NC(=O)CNC(=O)CP(=O)(O)C(Cc1ccccc1)NC(=O)c1cccc(F)c1. The summed E-state index contributed by atoms with van der Waals surface area (Å²) in [6.45, 7) is -0.579.